The van der Waals surface area contributed by atoms with Gasteiger partial charge in [0, 0.05) is 35.4 Å². The molecule has 1 aromatic carbocycles. The molecule has 0 radical (unpaired) electrons. The molecule has 0 spiro atoms. The fraction of sp³-hybridized carbons (Fsp3) is 0.353. The number of rotatable bonds is 4. The number of carbonyl (C=O) groups is 1. The second-order valence-corrected chi connectivity index (χ2v) is 6.18. The van der Waals surface area contributed by atoms with Gasteiger partial charge in [-0.05, 0) is 38.5 Å². The Morgan fingerprint density at radius 1 is 1.46 bits per heavy atom. The lowest BCUT2D eigenvalue weighted by Crippen LogP contribution is -2.28. The van der Waals surface area contributed by atoms with Gasteiger partial charge in [-0.1, -0.05) is 22.8 Å². The number of halogens is 1. The third-order valence-electron chi connectivity index (χ3n) is 3.98. The quantitative estimate of drug-likeness (QED) is 0.923. The van der Waals surface area contributed by atoms with Crippen molar-refractivity contribution >= 4 is 28.9 Å². The lowest BCUT2D eigenvalue weighted by atomic mass is 10.1. The summed E-state index contributed by atoms with van der Waals surface area (Å²) in [6, 6.07) is 5.39. The first-order valence-corrected chi connectivity index (χ1v) is 8.20. The van der Waals surface area contributed by atoms with Gasteiger partial charge in [0.25, 0.3) is 5.91 Å². The summed E-state index contributed by atoms with van der Waals surface area (Å²) in [5.41, 5.74) is 4.15. The van der Waals surface area contributed by atoms with Crippen molar-refractivity contribution < 1.29 is 9.63 Å². The number of oxime groups is 1. The van der Waals surface area contributed by atoms with E-state index in [1.54, 1.807) is 6.07 Å². The van der Waals surface area contributed by atoms with Crippen molar-refractivity contribution in [2.24, 2.45) is 5.16 Å². The summed E-state index contributed by atoms with van der Waals surface area (Å²) in [6.07, 6.45) is 1.70. The van der Waals surface area contributed by atoms with Crippen LogP contribution in [-0.2, 0) is 16.2 Å². The molecule has 0 saturated heterocycles. The molecule has 3 rings (SSSR count). The number of carbonyl (C=O) groups excluding carboxylic acids is 1. The van der Waals surface area contributed by atoms with E-state index in [2.05, 4.69) is 15.6 Å². The van der Waals surface area contributed by atoms with Crippen molar-refractivity contribution in [3.63, 3.8) is 0 Å². The number of benzene rings is 1. The lowest BCUT2D eigenvalue weighted by molar-refractivity contribution is -0.125. The van der Waals surface area contributed by atoms with E-state index in [1.165, 1.54) is 0 Å². The smallest absolute Gasteiger partial charge is 0.268 e. The molecule has 24 heavy (non-hydrogen) atoms. The molecule has 6 nitrogen and oxygen atoms in total. The number of aryl methyl sites for hydroxylation is 3. The molecule has 1 aliphatic heterocycles. The molecule has 2 aromatic rings. The van der Waals surface area contributed by atoms with Crippen LogP contribution in [0.5, 0.6) is 0 Å². The highest BCUT2D eigenvalue weighted by Crippen LogP contribution is 2.23. The van der Waals surface area contributed by atoms with Crippen molar-refractivity contribution in [3.05, 3.63) is 46.2 Å². The average molecular weight is 347 g/mol. The van der Waals surface area contributed by atoms with Crippen LogP contribution < -0.4 is 5.32 Å². The zero-order valence-electron chi connectivity index (χ0n) is 13.8. The monoisotopic (exact) mass is 346 g/mol. The average Bonchev–Trinajstić information content (AvgIpc) is 3.17. The molecule has 1 aliphatic rings. The molecule has 1 aromatic heterocycles. The van der Waals surface area contributed by atoms with Crippen molar-refractivity contribution in [2.75, 3.05) is 5.32 Å². The highest BCUT2D eigenvalue weighted by molar-refractivity contribution is 6.31. The maximum absolute atomic E-state index is 12.4. The van der Waals surface area contributed by atoms with Gasteiger partial charge in [-0.25, -0.2) is 0 Å². The Hall–Kier alpha value is -2.34. The summed E-state index contributed by atoms with van der Waals surface area (Å²) in [7, 11) is 0. The van der Waals surface area contributed by atoms with Crippen molar-refractivity contribution in [2.45, 2.75) is 39.8 Å². The maximum Gasteiger partial charge on any atom is 0.268 e. The molecule has 7 heteroatoms. The fourth-order valence-corrected chi connectivity index (χ4v) is 2.71. The Morgan fingerprint density at radius 2 is 2.25 bits per heavy atom. The van der Waals surface area contributed by atoms with Crippen LogP contribution in [0, 0.1) is 13.8 Å². The first-order valence-electron chi connectivity index (χ1n) is 7.82. The van der Waals surface area contributed by atoms with E-state index in [0.29, 0.717) is 17.1 Å². The van der Waals surface area contributed by atoms with Gasteiger partial charge in [-0.2, -0.15) is 5.10 Å². The Morgan fingerprint density at radius 3 is 2.92 bits per heavy atom. The number of anilines is 1. The van der Waals surface area contributed by atoms with Crippen LogP contribution in [0.3, 0.4) is 0 Å². The predicted octanol–water partition coefficient (Wildman–Crippen LogP) is 3.30. The lowest BCUT2D eigenvalue weighted by Gasteiger charge is -2.10. The van der Waals surface area contributed by atoms with Gasteiger partial charge in [0.2, 0.25) is 6.10 Å². The van der Waals surface area contributed by atoms with E-state index in [1.807, 2.05) is 43.8 Å². The largest absolute Gasteiger partial charge is 0.382 e. The summed E-state index contributed by atoms with van der Waals surface area (Å²) in [4.78, 5) is 17.7. The second kappa shape index (κ2) is 6.65. The number of hydrogen-bond acceptors (Lipinski definition) is 4. The standard InChI is InChI=1S/C17H19ClN4O2/c1-4-22-9-13(11(3)20-22)15-8-16(24-21-15)17(23)19-12-6-5-10(2)14(18)7-12/h5-7,9,16H,4,8H2,1-3H3,(H,19,23). The van der Waals surface area contributed by atoms with Crippen LogP contribution in [0.25, 0.3) is 0 Å². The van der Waals surface area contributed by atoms with E-state index < -0.39 is 6.10 Å². The highest BCUT2D eigenvalue weighted by atomic mass is 35.5. The van der Waals surface area contributed by atoms with Crippen LogP contribution in [0.4, 0.5) is 5.69 Å². The van der Waals surface area contributed by atoms with Crippen LogP contribution >= 0.6 is 11.6 Å². The van der Waals surface area contributed by atoms with Gasteiger partial charge in [0.15, 0.2) is 0 Å². The van der Waals surface area contributed by atoms with Crippen molar-refractivity contribution in [1.29, 1.82) is 0 Å². The van der Waals surface area contributed by atoms with Crippen LogP contribution in [0.15, 0.2) is 29.6 Å². The molecule has 2 heterocycles. The third kappa shape index (κ3) is 3.28. The summed E-state index contributed by atoms with van der Waals surface area (Å²) in [6.45, 7) is 6.64. The summed E-state index contributed by atoms with van der Waals surface area (Å²) >= 11 is 6.08. The minimum atomic E-state index is -0.649. The number of aromatic nitrogens is 2. The molecular formula is C17H19ClN4O2. The summed E-state index contributed by atoms with van der Waals surface area (Å²) in [5.74, 6) is -0.241. The van der Waals surface area contributed by atoms with Gasteiger partial charge in [-0.15, -0.1) is 0 Å². The molecule has 126 valence electrons. The van der Waals surface area contributed by atoms with Crippen LogP contribution in [0.1, 0.15) is 30.2 Å². The third-order valence-corrected chi connectivity index (χ3v) is 4.39. The molecular weight excluding hydrogens is 328 g/mol. The molecule has 1 unspecified atom stereocenters. The first-order chi connectivity index (χ1) is 11.5. The van der Waals surface area contributed by atoms with Gasteiger partial charge in [0.05, 0.1) is 11.4 Å². The molecule has 0 saturated carbocycles. The first kappa shape index (κ1) is 16.5. The maximum atomic E-state index is 12.4. The van der Waals surface area contributed by atoms with Crippen LogP contribution in [0.2, 0.25) is 5.02 Å². The Labute approximate surface area is 145 Å². The number of nitrogens with zero attached hydrogens (tertiary/aromatic N) is 3. The van der Waals surface area contributed by atoms with Gasteiger partial charge < -0.3 is 10.2 Å². The van der Waals surface area contributed by atoms with E-state index in [-0.39, 0.29) is 5.91 Å². The van der Waals surface area contributed by atoms with Crippen molar-refractivity contribution in [1.82, 2.24) is 9.78 Å². The number of hydrogen-bond donors (Lipinski definition) is 1. The Bertz CT molecular complexity index is 813. The molecule has 0 fully saturated rings. The molecule has 0 bridgehead atoms. The van der Waals surface area contributed by atoms with Gasteiger partial charge in [0.1, 0.15) is 0 Å². The zero-order valence-corrected chi connectivity index (χ0v) is 14.6. The molecule has 1 amide bonds. The molecule has 1 N–H and O–H groups in total. The van der Waals surface area contributed by atoms with E-state index in [0.717, 1.165) is 29.1 Å². The van der Waals surface area contributed by atoms with Crippen molar-refractivity contribution in [3.8, 4) is 0 Å². The fourth-order valence-electron chi connectivity index (χ4n) is 2.53. The van der Waals surface area contributed by atoms with E-state index in [9.17, 15) is 4.79 Å². The number of amides is 1. The predicted molar refractivity (Wildman–Crippen MR) is 93.5 cm³/mol. The zero-order chi connectivity index (χ0) is 17.3. The minimum absolute atomic E-state index is 0.241. The van der Waals surface area contributed by atoms with Gasteiger partial charge >= 0.3 is 0 Å². The molecule has 0 aliphatic carbocycles. The second-order valence-electron chi connectivity index (χ2n) is 5.77. The molecule has 1 atom stereocenters. The minimum Gasteiger partial charge on any atom is -0.382 e. The number of nitrogens with one attached hydrogen (secondary N) is 1. The van der Waals surface area contributed by atoms with Crippen LogP contribution in [-0.4, -0.2) is 27.5 Å². The van der Waals surface area contributed by atoms with E-state index >= 15 is 0 Å². The van der Waals surface area contributed by atoms with Gasteiger partial charge in [-0.3, -0.25) is 9.48 Å². The topological polar surface area (TPSA) is 68.5 Å². The Kier molecular flexibility index (Phi) is 4.57. The SMILES string of the molecule is CCn1cc(C2=NOC(C(=O)Nc3ccc(C)c(Cl)c3)C2)c(C)n1. The highest BCUT2D eigenvalue weighted by Gasteiger charge is 2.30. The summed E-state index contributed by atoms with van der Waals surface area (Å²) in [5, 5.41) is 11.9. The summed E-state index contributed by atoms with van der Waals surface area (Å²) < 4.78 is 1.84. The van der Waals surface area contributed by atoms with E-state index in [4.69, 9.17) is 16.4 Å². The Balaban J connectivity index is 1.66. The normalized spacial score (nSPS) is 16.7.